The molecule has 0 amide bonds. The lowest BCUT2D eigenvalue weighted by Gasteiger charge is -2.09. The highest BCUT2D eigenvalue weighted by atomic mass is 15.6. The van der Waals surface area contributed by atoms with E-state index in [1.165, 1.54) is 36.7 Å². The summed E-state index contributed by atoms with van der Waals surface area (Å²) >= 11 is 0. The van der Waals surface area contributed by atoms with Gasteiger partial charge in [-0.3, -0.25) is 0 Å². The Kier molecular flexibility index (Phi) is 2.85. The van der Waals surface area contributed by atoms with Crippen LogP contribution < -0.4 is 5.32 Å². The molecule has 1 aliphatic carbocycles. The topological polar surface area (TPSA) is 68.0 Å². The van der Waals surface area contributed by atoms with Crippen LogP contribution in [0.2, 0.25) is 0 Å². The molecule has 1 saturated carbocycles. The van der Waals surface area contributed by atoms with Crippen molar-refractivity contribution in [2.24, 2.45) is 5.92 Å². The van der Waals surface area contributed by atoms with Crippen molar-refractivity contribution in [3.05, 3.63) is 12.1 Å². The fourth-order valence-corrected chi connectivity index (χ4v) is 2.45. The largest absolute Gasteiger partial charge is 0.369 e. The first-order valence-corrected chi connectivity index (χ1v) is 6.21. The van der Waals surface area contributed by atoms with Gasteiger partial charge in [-0.25, -0.2) is 0 Å². The summed E-state index contributed by atoms with van der Waals surface area (Å²) in [6.07, 6.45) is 6.82. The lowest BCUT2D eigenvalue weighted by molar-refractivity contribution is 0.518. The van der Waals surface area contributed by atoms with Crippen molar-refractivity contribution in [1.29, 1.82) is 0 Å². The molecule has 1 fully saturated rings. The van der Waals surface area contributed by atoms with E-state index in [4.69, 9.17) is 0 Å². The van der Waals surface area contributed by atoms with Crippen LogP contribution in [0.5, 0.6) is 0 Å². The van der Waals surface area contributed by atoms with E-state index in [1.807, 2.05) is 12.1 Å². The van der Waals surface area contributed by atoms with E-state index in [1.54, 1.807) is 0 Å². The van der Waals surface area contributed by atoms with E-state index in [9.17, 15) is 0 Å². The Labute approximate surface area is 99.4 Å². The molecule has 6 nitrogen and oxygen atoms in total. The van der Waals surface area contributed by atoms with E-state index in [0.717, 1.165) is 18.3 Å². The lowest BCUT2D eigenvalue weighted by Crippen LogP contribution is -2.09. The second-order valence-corrected chi connectivity index (χ2v) is 4.61. The average molecular weight is 232 g/mol. The first-order chi connectivity index (χ1) is 8.42. The highest BCUT2D eigenvalue weighted by molar-refractivity contribution is 5.41. The van der Waals surface area contributed by atoms with Crippen molar-refractivity contribution in [1.82, 2.24) is 25.3 Å². The second-order valence-electron chi connectivity index (χ2n) is 4.61. The molecule has 6 heteroatoms. The highest BCUT2D eigenvalue weighted by Gasteiger charge is 2.14. The fraction of sp³-hybridized carbons (Fsp3) is 0.636. The summed E-state index contributed by atoms with van der Waals surface area (Å²) in [4.78, 5) is 0. The third kappa shape index (κ3) is 2.35. The Morgan fingerprint density at radius 3 is 3.06 bits per heavy atom. The molecule has 0 radical (unpaired) electrons. The molecule has 17 heavy (non-hydrogen) atoms. The minimum atomic E-state index is 0.673. The third-order valence-electron chi connectivity index (χ3n) is 3.40. The third-order valence-corrected chi connectivity index (χ3v) is 3.40. The maximum absolute atomic E-state index is 4.27. The number of rotatable bonds is 4. The molecule has 0 spiro atoms. The van der Waals surface area contributed by atoms with Crippen LogP contribution in [0.25, 0.3) is 5.65 Å². The highest BCUT2D eigenvalue weighted by Crippen LogP contribution is 2.27. The average Bonchev–Trinajstić information content (AvgIpc) is 2.98. The van der Waals surface area contributed by atoms with Crippen LogP contribution in [-0.2, 0) is 0 Å². The maximum atomic E-state index is 4.27. The van der Waals surface area contributed by atoms with Gasteiger partial charge in [-0.2, -0.15) is 0 Å². The minimum absolute atomic E-state index is 0.673. The Bertz CT molecular complexity index is 487. The predicted molar refractivity (Wildman–Crippen MR) is 63.6 cm³/mol. The van der Waals surface area contributed by atoms with Crippen LogP contribution in [0.1, 0.15) is 32.1 Å². The van der Waals surface area contributed by atoms with E-state index in [0.29, 0.717) is 5.65 Å². The summed E-state index contributed by atoms with van der Waals surface area (Å²) < 4.78 is 1.44. The summed E-state index contributed by atoms with van der Waals surface area (Å²) in [5.41, 5.74) is 0.673. The summed E-state index contributed by atoms with van der Waals surface area (Å²) in [5, 5.41) is 18.7. The number of fused-ring (bicyclic) bond motifs is 1. The van der Waals surface area contributed by atoms with Gasteiger partial charge in [-0.15, -0.1) is 14.8 Å². The van der Waals surface area contributed by atoms with Gasteiger partial charge in [0.15, 0.2) is 5.65 Å². The van der Waals surface area contributed by atoms with Gasteiger partial charge in [0.05, 0.1) is 0 Å². The molecule has 2 aromatic rings. The van der Waals surface area contributed by atoms with E-state index in [2.05, 4.69) is 25.9 Å². The van der Waals surface area contributed by atoms with Crippen molar-refractivity contribution in [2.45, 2.75) is 32.1 Å². The Balaban J connectivity index is 1.56. The van der Waals surface area contributed by atoms with Crippen LogP contribution in [0.4, 0.5) is 5.82 Å². The van der Waals surface area contributed by atoms with Crippen molar-refractivity contribution < 1.29 is 0 Å². The molecule has 1 N–H and O–H groups in total. The maximum Gasteiger partial charge on any atom is 0.200 e. The number of tetrazole rings is 1. The number of hydrogen-bond acceptors (Lipinski definition) is 5. The van der Waals surface area contributed by atoms with Crippen molar-refractivity contribution in [2.75, 3.05) is 11.9 Å². The molecule has 3 rings (SSSR count). The number of nitrogens with one attached hydrogen (secondary N) is 1. The molecule has 90 valence electrons. The van der Waals surface area contributed by atoms with Crippen LogP contribution in [0.15, 0.2) is 12.1 Å². The van der Waals surface area contributed by atoms with Gasteiger partial charge in [0, 0.05) is 6.54 Å². The van der Waals surface area contributed by atoms with Crippen molar-refractivity contribution in [3.63, 3.8) is 0 Å². The Hall–Kier alpha value is -1.72. The van der Waals surface area contributed by atoms with Gasteiger partial charge in [0.25, 0.3) is 0 Å². The van der Waals surface area contributed by atoms with Crippen molar-refractivity contribution in [3.8, 4) is 0 Å². The molecule has 0 saturated heterocycles. The van der Waals surface area contributed by atoms with Gasteiger partial charge in [-0.1, -0.05) is 25.7 Å². The van der Waals surface area contributed by atoms with E-state index >= 15 is 0 Å². The van der Waals surface area contributed by atoms with Gasteiger partial charge in [-0.05, 0) is 34.9 Å². The standard InChI is InChI=1S/C11H16N6/c1-2-4-9(3-1)7-8-12-10-5-6-11-13-15-16-17(11)14-10/h5-6,9H,1-4,7-8H2,(H,12,14). The smallest absolute Gasteiger partial charge is 0.200 e. The molecule has 2 heterocycles. The molecule has 0 aliphatic heterocycles. The monoisotopic (exact) mass is 232 g/mol. The normalized spacial score (nSPS) is 16.7. The Morgan fingerprint density at radius 1 is 1.29 bits per heavy atom. The van der Waals surface area contributed by atoms with Gasteiger partial charge >= 0.3 is 0 Å². The summed E-state index contributed by atoms with van der Waals surface area (Å²) in [6.45, 7) is 0.977. The van der Waals surface area contributed by atoms with E-state index in [-0.39, 0.29) is 0 Å². The van der Waals surface area contributed by atoms with Crippen molar-refractivity contribution >= 4 is 11.5 Å². The SMILES string of the molecule is c1cc2nnnn2nc1NCCC1CCCC1. The summed E-state index contributed by atoms with van der Waals surface area (Å²) in [5.74, 6) is 1.74. The van der Waals surface area contributed by atoms with Crippen LogP contribution >= 0.6 is 0 Å². The molecular formula is C11H16N6. The van der Waals surface area contributed by atoms with E-state index < -0.39 is 0 Å². The van der Waals surface area contributed by atoms with Crippen LogP contribution in [-0.4, -0.2) is 31.8 Å². The number of anilines is 1. The lowest BCUT2D eigenvalue weighted by atomic mass is 10.0. The Morgan fingerprint density at radius 2 is 2.18 bits per heavy atom. The number of aromatic nitrogens is 5. The minimum Gasteiger partial charge on any atom is -0.369 e. The molecule has 0 unspecified atom stereocenters. The zero-order chi connectivity index (χ0) is 11.5. The quantitative estimate of drug-likeness (QED) is 0.865. The molecule has 0 aromatic carbocycles. The second kappa shape index (κ2) is 4.65. The van der Waals surface area contributed by atoms with Crippen LogP contribution in [0.3, 0.4) is 0 Å². The van der Waals surface area contributed by atoms with Gasteiger partial charge in [0.2, 0.25) is 0 Å². The number of nitrogens with zero attached hydrogens (tertiary/aromatic N) is 5. The fourth-order valence-electron chi connectivity index (χ4n) is 2.45. The van der Waals surface area contributed by atoms with Gasteiger partial charge in [0.1, 0.15) is 5.82 Å². The predicted octanol–water partition coefficient (Wildman–Crippen LogP) is 1.51. The zero-order valence-corrected chi connectivity index (χ0v) is 9.71. The first kappa shape index (κ1) is 10.4. The molecular weight excluding hydrogens is 216 g/mol. The molecule has 2 aromatic heterocycles. The summed E-state index contributed by atoms with van der Waals surface area (Å²) in [7, 11) is 0. The van der Waals surface area contributed by atoms with Gasteiger partial charge < -0.3 is 5.32 Å². The number of hydrogen-bond donors (Lipinski definition) is 1. The molecule has 0 atom stereocenters. The molecule has 1 aliphatic rings. The van der Waals surface area contributed by atoms with Crippen LogP contribution in [0, 0.1) is 5.92 Å². The molecule has 0 bridgehead atoms. The summed E-state index contributed by atoms with van der Waals surface area (Å²) in [6, 6.07) is 3.78. The first-order valence-electron chi connectivity index (χ1n) is 6.21. The zero-order valence-electron chi connectivity index (χ0n) is 9.71.